The summed E-state index contributed by atoms with van der Waals surface area (Å²) in [6, 6.07) is 10.8. The van der Waals surface area contributed by atoms with Crippen molar-refractivity contribution in [1.82, 2.24) is 9.55 Å². The summed E-state index contributed by atoms with van der Waals surface area (Å²) in [5, 5.41) is 6.08. The maximum atomic E-state index is 13.0. The van der Waals surface area contributed by atoms with E-state index < -0.39 is 10.0 Å². The number of benzene rings is 2. The van der Waals surface area contributed by atoms with Crippen molar-refractivity contribution in [2.45, 2.75) is 24.7 Å². The molecule has 0 atom stereocenters. The lowest BCUT2D eigenvalue weighted by Gasteiger charge is -2.13. The van der Waals surface area contributed by atoms with Crippen molar-refractivity contribution in [3.8, 4) is 5.69 Å². The second-order valence-corrected chi connectivity index (χ2v) is 7.62. The van der Waals surface area contributed by atoms with Crippen LogP contribution in [-0.2, 0) is 16.4 Å². The molecule has 0 saturated heterocycles. The fourth-order valence-corrected chi connectivity index (χ4v) is 3.33. The summed E-state index contributed by atoms with van der Waals surface area (Å²) < 4.78 is 24.3. The average molecular weight is 378 g/mol. The summed E-state index contributed by atoms with van der Waals surface area (Å²) in [6.45, 7) is 1.99. The van der Waals surface area contributed by atoms with Gasteiger partial charge in [-0.1, -0.05) is 18.5 Å². The van der Waals surface area contributed by atoms with Crippen LogP contribution in [0.1, 0.15) is 19.2 Å². The Balaban J connectivity index is 2.27. The lowest BCUT2D eigenvalue weighted by Crippen LogP contribution is -2.24. The van der Waals surface area contributed by atoms with Gasteiger partial charge in [-0.05, 0) is 48.9 Å². The summed E-state index contributed by atoms with van der Waals surface area (Å²) in [6.07, 6.45) is 1.39. The first-order valence-corrected chi connectivity index (χ1v) is 9.58. The summed E-state index contributed by atoms with van der Waals surface area (Å²) in [7, 11) is -3.79. The monoisotopic (exact) mass is 377 g/mol. The molecule has 0 spiro atoms. The van der Waals surface area contributed by atoms with Crippen molar-refractivity contribution in [2.75, 3.05) is 0 Å². The molecule has 6 nitrogen and oxygen atoms in total. The van der Waals surface area contributed by atoms with E-state index in [4.69, 9.17) is 16.7 Å². The summed E-state index contributed by atoms with van der Waals surface area (Å²) in [5.74, 6) is 0.589. The predicted octanol–water partition coefficient (Wildman–Crippen LogP) is 2.64. The highest BCUT2D eigenvalue weighted by molar-refractivity contribution is 7.89. The van der Waals surface area contributed by atoms with Crippen LogP contribution in [-0.4, -0.2) is 18.0 Å². The number of halogens is 1. The van der Waals surface area contributed by atoms with E-state index in [1.807, 2.05) is 6.92 Å². The van der Waals surface area contributed by atoms with E-state index in [0.29, 0.717) is 33.9 Å². The first-order valence-electron chi connectivity index (χ1n) is 7.65. The molecule has 0 aliphatic heterocycles. The summed E-state index contributed by atoms with van der Waals surface area (Å²) in [5.41, 5.74) is 0.844. The first kappa shape index (κ1) is 17.6. The molecule has 3 aromatic rings. The van der Waals surface area contributed by atoms with E-state index in [1.54, 1.807) is 30.3 Å². The number of nitrogens with zero attached hydrogens (tertiary/aromatic N) is 2. The molecule has 25 heavy (non-hydrogen) atoms. The van der Waals surface area contributed by atoms with Crippen molar-refractivity contribution in [1.29, 1.82) is 0 Å². The summed E-state index contributed by atoms with van der Waals surface area (Å²) >= 11 is 6.00. The molecule has 130 valence electrons. The number of hydrogen-bond acceptors (Lipinski definition) is 4. The van der Waals surface area contributed by atoms with Crippen LogP contribution in [0.5, 0.6) is 0 Å². The highest BCUT2D eigenvalue weighted by Gasteiger charge is 2.14. The van der Waals surface area contributed by atoms with Crippen LogP contribution in [0.2, 0.25) is 5.02 Å². The molecular weight excluding hydrogens is 362 g/mol. The third kappa shape index (κ3) is 3.44. The maximum Gasteiger partial charge on any atom is 0.265 e. The lowest BCUT2D eigenvalue weighted by molar-refractivity contribution is 0.598. The van der Waals surface area contributed by atoms with Gasteiger partial charge < -0.3 is 0 Å². The Morgan fingerprint density at radius 2 is 1.84 bits per heavy atom. The van der Waals surface area contributed by atoms with Crippen molar-refractivity contribution < 1.29 is 8.42 Å². The highest BCUT2D eigenvalue weighted by Crippen LogP contribution is 2.19. The predicted molar refractivity (Wildman–Crippen MR) is 97.7 cm³/mol. The Bertz CT molecular complexity index is 1110. The number of rotatable bonds is 4. The zero-order valence-corrected chi connectivity index (χ0v) is 15.0. The van der Waals surface area contributed by atoms with Crippen LogP contribution in [0.4, 0.5) is 0 Å². The van der Waals surface area contributed by atoms with Crippen molar-refractivity contribution in [3.05, 3.63) is 63.7 Å². The van der Waals surface area contributed by atoms with E-state index in [1.165, 1.54) is 16.7 Å². The fourth-order valence-electron chi connectivity index (χ4n) is 2.65. The third-order valence-electron chi connectivity index (χ3n) is 3.80. The van der Waals surface area contributed by atoms with Gasteiger partial charge in [-0.2, -0.15) is 0 Å². The molecule has 0 aliphatic carbocycles. The Kier molecular flexibility index (Phi) is 4.64. The molecule has 1 heterocycles. The van der Waals surface area contributed by atoms with Gasteiger partial charge in [-0.25, -0.2) is 18.5 Å². The molecule has 8 heteroatoms. The third-order valence-corrected chi connectivity index (χ3v) is 4.96. The quantitative estimate of drug-likeness (QED) is 0.756. The molecule has 0 radical (unpaired) electrons. The topological polar surface area (TPSA) is 95.0 Å². The van der Waals surface area contributed by atoms with Crippen LogP contribution >= 0.6 is 11.6 Å². The molecule has 3 rings (SSSR count). The van der Waals surface area contributed by atoms with Crippen LogP contribution in [0, 0.1) is 0 Å². The fraction of sp³-hybridized carbons (Fsp3) is 0.176. The van der Waals surface area contributed by atoms with Crippen LogP contribution in [0.15, 0.2) is 52.2 Å². The molecule has 2 aromatic carbocycles. The number of hydrogen-bond donors (Lipinski definition) is 1. The Morgan fingerprint density at radius 1 is 1.16 bits per heavy atom. The van der Waals surface area contributed by atoms with Gasteiger partial charge in [0, 0.05) is 11.4 Å². The van der Waals surface area contributed by atoms with E-state index in [0.717, 1.165) is 6.42 Å². The molecule has 0 unspecified atom stereocenters. The Labute approximate surface area is 149 Å². The maximum absolute atomic E-state index is 13.0. The van der Waals surface area contributed by atoms with Gasteiger partial charge in [0.1, 0.15) is 5.82 Å². The lowest BCUT2D eigenvalue weighted by atomic mass is 10.2. The number of aromatic nitrogens is 2. The van der Waals surface area contributed by atoms with Crippen molar-refractivity contribution in [3.63, 3.8) is 0 Å². The normalized spacial score (nSPS) is 11.8. The Hall–Kier alpha value is -2.22. The standard InChI is InChI=1S/C17H16ClN3O3S/c1-2-3-16-20-15-10-11(18)4-9-14(15)17(22)21(16)12-5-7-13(8-6-12)25(19,23)24/h4-10H,2-3H2,1H3,(H2,19,23,24). The highest BCUT2D eigenvalue weighted by atomic mass is 35.5. The zero-order valence-electron chi connectivity index (χ0n) is 13.4. The molecule has 0 saturated carbocycles. The van der Waals surface area contributed by atoms with E-state index in [9.17, 15) is 13.2 Å². The largest absolute Gasteiger partial charge is 0.268 e. The Morgan fingerprint density at radius 3 is 2.44 bits per heavy atom. The molecule has 1 aromatic heterocycles. The number of aryl methyl sites for hydroxylation is 1. The van der Waals surface area contributed by atoms with E-state index in [-0.39, 0.29) is 10.5 Å². The van der Waals surface area contributed by atoms with Gasteiger partial charge in [0.2, 0.25) is 10.0 Å². The molecule has 0 amide bonds. The van der Waals surface area contributed by atoms with Gasteiger partial charge >= 0.3 is 0 Å². The van der Waals surface area contributed by atoms with Crippen molar-refractivity contribution in [2.24, 2.45) is 5.14 Å². The molecule has 0 fully saturated rings. The average Bonchev–Trinajstić information content (AvgIpc) is 2.54. The van der Waals surface area contributed by atoms with Crippen LogP contribution in [0.25, 0.3) is 16.6 Å². The molecular formula is C17H16ClN3O3S. The van der Waals surface area contributed by atoms with Gasteiger partial charge in [-0.15, -0.1) is 0 Å². The minimum absolute atomic E-state index is 0.0122. The summed E-state index contributed by atoms with van der Waals surface area (Å²) in [4.78, 5) is 17.5. The zero-order chi connectivity index (χ0) is 18.2. The SMILES string of the molecule is CCCc1nc2cc(Cl)ccc2c(=O)n1-c1ccc(S(N)(=O)=O)cc1. The van der Waals surface area contributed by atoms with Crippen molar-refractivity contribution >= 4 is 32.5 Å². The number of sulfonamides is 1. The number of nitrogens with two attached hydrogens (primary N) is 1. The first-order chi connectivity index (χ1) is 11.8. The van der Waals surface area contributed by atoms with Crippen LogP contribution in [0.3, 0.4) is 0 Å². The van der Waals surface area contributed by atoms with Gasteiger partial charge in [0.15, 0.2) is 0 Å². The molecule has 0 aliphatic rings. The second-order valence-electron chi connectivity index (χ2n) is 5.62. The van der Waals surface area contributed by atoms with Gasteiger partial charge in [-0.3, -0.25) is 9.36 Å². The van der Waals surface area contributed by atoms with E-state index >= 15 is 0 Å². The minimum Gasteiger partial charge on any atom is -0.268 e. The van der Waals surface area contributed by atoms with E-state index in [2.05, 4.69) is 4.98 Å². The van der Waals surface area contributed by atoms with Crippen LogP contribution < -0.4 is 10.7 Å². The number of fused-ring (bicyclic) bond motifs is 1. The number of primary sulfonamides is 1. The molecule has 0 bridgehead atoms. The second kappa shape index (κ2) is 6.59. The van der Waals surface area contributed by atoms with Gasteiger partial charge in [0.05, 0.1) is 21.5 Å². The van der Waals surface area contributed by atoms with Gasteiger partial charge in [0.25, 0.3) is 5.56 Å². The smallest absolute Gasteiger partial charge is 0.265 e. The minimum atomic E-state index is -3.79. The molecule has 2 N–H and O–H groups in total.